The Hall–Kier alpha value is -3.83. The molecule has 1 aromatic heterocycles. The summed E-state index contributed by atoms with van der Waals surface area (Å²) in [6.45, 7) is 1.48. The molecule has 0 spiro atoms. The average Bonchev–Trinajstić information content (AvgIpc) is 2.80. The number of fused-ring (bicyclic) bond motifs is 1. The van der Waals surface area contributed by atoms with E-state index in [0.717, 1.165) is 10.9 Å². The summed E-state index contributed by atoms with van der Waals surface area (Å²) < 4.78 is 0. The van der Waals surface area contributed by atoms with Gasteiger partial charge in [-0.1, -0.05) is 54.6 Å². The van der Waals surface area contributed by atoms with Gasteiger partial charge in [0.1, 0.15) is 0 Å². The predicted molar refractivity (Wildman–Crippen MR) is 121 cm³/mol. The molecule has 0 bridgehead atoms. The zero-order valence-corrected chi connectivity index (χ0v) is 17.1. The van der Waals surface area contributed by atoms with Crippen LogP contribution in [0.2, 0.25) is 0 Å². The van der Waals surface area contributed by atoms with Crippen molar-refractivity contribution in [3.8, 4) is 0 Å². The first-order chi connectivity index (χ1) is 15.0. The van der Waals surface area contributed by atoms with Gasteiger partial charge in [-0.25, -0.2) is 0 Å². The standard InChI is InChI=1S/C26H22N2O3/c1-18(29)19-11-14-22(15-12-19)28-25(30)26(31,21-8-3-2-4-9-21)17-23-16-13-20-7-5-6-10-24(20)27-23/h2-16,31H,17H2,1H3,(H,28,30). The molecule has 0 aliphatic heterocycles. The Labute approximate surface area is 180 Å². The van der Waals surface area contributed by atoms with Crippen molar-refractivity contribution in [3.05, 3.63) is 108 Å². The number of Topliss-reactive ketones (excluding diaryl/α,β-unsaturated/α-hetero) is 1. The number of para-hydroxylation sites is 1. The van der Waals surface area contributed by atoms with Crippen molar-refractivity contribution in [2.24, 2.45) is 0 Å². The normalized spacial score (nSPS) is 12.8. The minimum absolute atomic E-state index is 0.0131. The van der Waals surface area contributed by atoms with Gasteiger partial charge in [-0.15, -0.1) is 0 Å². The van der Waals surface area contributed by atoms with Gasteiger partial charge >= 0.3 is 0 Å². The maximum absolute atomic E-state index is 13.3. The Kier molecular flexibility index (Phi) is 5.60. The Bertz CT molecular complexity index is 1240. The molecule has 0 fully saturated rings. The highest BCUT2D eigenvalue weighted by atomic mass is 16.3. The monoisotopic (exact) mass is 410 g/mol. The van der Waals surface area contributed by atoms with Crippen LogP contribution in [0.1, 0.15) is 28.5 Å². The van der Waals surface area contributed by atoms with Gasteiger partial charge in [0.15, 0.2) is 11.4 Å². The Morgan fingerprint density at radius 1 is 0.871 bits per heavy atom. The van der Waals surface area contributed by atoms with E-state index < -0.39 is 11.5 Å². The Balaban J connectivity index is 1.67. The first-order valence-corrected chi connectivity index (χ1v) is 10.0. The molecule has 154 valence electrons. The molecule has 0 aliphatic carbocycles. The third kappa shape index (κ3) is 4.37. The minimum Gasteiger partial charge on any atom is -0.375 e. The summed E-state index contributed by atoms with van der Waals surface area (Å²) in [5, 5.41) is 15.3. The van der Waals surface area contributed by atoms with E-state index in [9.17, 15) is 14.7 Å². The van der Waals surface area contributed by atoms with Crippen LogP contribution in [0, 0.1) is 0 Å². The fourth-order valence-electron chi connectivity index (χ4n) is 3.52. The van der Waals surface area contributed by atoms with Crippen LogP contribution in [0.4, 0.5) is 5.69 Å². The molecule has 1 heterocycles. The van der Waals surface area contributed by atoms with Gasteiger partial charge in [0.2, 0.25) is 0 Å². The molecule has 5 heteroatoms. The predicted octanol–water partition coefficient (Wildman–Crippen LogP) is 4.51. The van der Waals surface area contributed by atoms with Crippen LogP contribution in [0.15, 0.2) is 91.0 Å². The number of rotatable bonds is 6. The maximum atomic E-state index is 13.3. The minimum atomic E-state index is -1.82. The Morgan fingerprint density at radius 2 is 1.55 bits per heavy atom. The molecule has 0 saturated heterocycles. The molecule has 1 amide bonds. The number of hydrogen-bond donors (Lipinski definition) is 2. The van der Waals surface area contributed by atoms with Gasteiger partial charge in [-0.3, -0.25) is 14.6 Å². The number of nitrogens with zero attached hydrogens (tertiary/aromatic N) is 1. The maximum Gasteiger partial charge on any atom is 0.261 e. The van der Waals surface area contributed by atoms with Crippen LogP contribution in [0.5, 0.6) is 0 Å². The fraction of sp³-hybridized carbons (Fsp3) is 0.115. The lowest BCUT2D eigenvalue weighted by atomic mass is 9.87. The lowest BCUT2D eigenvalue weighted by molar-refractivity contribution is -0.135. The molecular formula is C26H22N2O3. The molecule has 0 aliphatic rings. The summed E-state index contributed by atoms with van der Waals surface area (Å²) >= 11 is 0. The zero-order valence-electron chi connectivity index (χ0n) is 17.1. The third-order valence-electron chi connectivity index (χ3n) is 5.27. The van der Waals surface area contributed by atoms with Crippen LogP contribution in [0.3, 0.4) is 0 Å². The van der Waals surface area contributed by atoms with Crippen molar-refractivity contribution in [2.45, 2.75) is 18.9 Å². The molecule has 2 N–H and O–H groups in total. The smallest absolute Gasteiger partial charge is 0.261 e. The van der Waals surface area contributed by atoms with Crippen LogP contribution in [-0.2, 0) is 16.8 Å². The van der Waals surface area contributed by atoms with Crippen molar-refractivity contribution < 1.29 is 14.7 Å². The molecule has 4 aromatic rings. The zero-order chi connectivity index (χ0) is 21.8. The number of pyridine rings is 1. The topological polar surface area (TPSA) is 79.3 Å². The van der Waals surface area contributed by atoms with Crippen LogP contribution in [0.25, 0.3) is 10.9 Å². The van der Waals surface area contributed by atoms with Gasteiger partial charge in [-0.05, 0) is 48.9 Å². The highest BCUT2D eigenvalue weighted by molar-refractivity contribution is 5.99. The van der Waals surface area contributed by atoms with Gasteiger partial charge in [0, 0.05) is 28.8 Å². The number of hydrogen-bond acceptors (Lipinski definition) is 4. The van der Waals surface area contributed by atoms with E-state index in [1.165, 1.54) is 6.92 Å². The first-order valence-electron chi connectivity index (χ1n) is 10.0. The molecule has 0 saturated carbocycles. The van der Waals surface area contributed by atoms with E-state index >= 15 is 0 Å². The number of aliphatic hydroxyl groups is 1. The lowest BCUT2D eigenvalue weighted by Gasteiger charge is -2.27. The van der Waals surface area contributed by atoms with Crippen molar-refractivity contribution in [2.75, 3.05) is 5.32 Å². The number of aromatic nitrogens is 1. The van der Waals surface area contributed by atoms with E-state index in [1.54, 1.807) is 48.5 Å². The summed E-state index contributed by atoms with van der Waals surface area (Å²) in [7, 11) is 0. The van der Waals surface area contributed by atoms with E-state index in [-0.39, 0.29) is 12.2 Å². The van der Waals surface area contributed by atoms with Gasteiger partial charge < -0.3 is 10.4 Å². The molecule has 1 atom stereocenters. The molecule has 1 unspecified atom stereocenters. The largest absolute Gasteiger partial charge is 0.375 e. The van der Waals surface area contributed by atoms with Crippen molar-refractivity contribution in [1.29, 1.82) is 0 Å². The molecule has 4 rings (SSSR count). The SMILES string of the molecule is CC(=O)c1ccc(NC(=O)C(O)(Cc2ccc3ccccc3n2)c2ccccc2)cc1. The number of carbonyl (C=O) groups is 2. The number of benzene rings is 3. The number of amides is 1. The summed E-state index contributed by atoms with van der Waals surface area (Å²) in [6, 6.07) is 26.9. The lowest BCUT2D eigenvalue weighted by Crippen LogP contribution is -2.42. The molecule has 5 nitrogen and oxygen atoms in total. The number of ketones is 1. The van der Waals surface area contributed by atoms with E-state index in [0.29, 0.717) is 22.5 Å². The van der Waals surface area contributed by atoms with Gasteiger partial charge in [0.25, 0.3) is 5.91 Å². The third-order valence-corrected chi connectivity index (χ3v) is 5.27. The number of nitrogens with one attached hydrogen (secondary N) is 1. The van der Waals surface area contributed by atoms with E-state index in [1.807, 2.05) is 42.5 Å². The first kappa shape index (κ1) is 20.4. The molecule has 3 aromatic carbocycles. The molecule has 0 radical (unpaired) electrons. The number of carbonyl (C=O) groups excluding carboxylic acids is 2. The highest BCUT2D eigenvalue weighted by Crippen LogP contribution is 2.28. The Morgan fingerprint density at radius 3 is 2.26 bits per heavy atom. The fourth-order valence-corrected chi connectivity index (χ4v) is 3.52. The van der Waals surface area contributed by atoms with Crippen LogP contribution >= 0.6 is 0 Å². The van der Waals surface area contributed by atoms with E-state index in [2.05, 4.69) is 10.3 Å². The van der Waals surface area contributed by atoms with Crippen molar-refractivity contribution >= 4 is 28.3 Å². The summed E-state index contributed by atoms with van der Waals surface area (Å²) in [5.41, 5.74) is 1.11. The summed E-state index contributed by atoms with van der Waals surface area (Å²) in [6.07, 6.45) is 0.0131. The van der Waals surface area contributed by atoms with Crippen molar-refractivity contribution in [1.82, 2.24) is 4.98 Å². The summed E-state index contributed by atoms with van der Waals surface area (Å²) in [5.74, 6) is -0.620. The quantitative estimate of drug-likeness (QED) is 0.459. The summed E-state index contributed by atoms with van der Waals surface area (Å²) in [4.78, 5) is 29.4. The number of anilines is 1. The molecular weight excluding hydrogens is 388 g/mol. The van der Waals surface area contributed by atoms with E-state index in [4.69, 9.17) is 0 Å². The van der Waals surface area contributed by atoms with Crippen molar-refractivity contribution in [3.63, 3.8) is 0 Å². The van der Waals surface area contributed by atoms with Crippen LogP contribution < -0.4 is 5.32 Å². The second-order valence-electron chi connectivity index (χ2n) is 7.49. The highest BCUT2D eigenvalue weighted by Gasteiger charge is 2.38. The second-order valence-corrected chi connectivity index (χ2v) is 7.49. The van der Waals surface area contributed by atoms with Crippen LogP contribution in [-0.4, -0.2) is 21.8 Å². The van der Waals surface area contributed by atoms with Gasteiger partial charge in [0.05, 0.1) is 5.52 Å². The second kappa shape index (κ2) is 8.50. The van der Waals surface area contributed by atoms with Gasteiger partial charge in [-0.2, -0.15) is 0 Å². The average molecular weight is 410 g/mol. The molecule has 31 heavy (non-hydrogen) atoms.